The lowest BCUT2D eigenvalue weighted by Gasteiger charge is -2.30. The normalized spacial score (nSPS) is 17.7. The Labute approximate surface area is 105 Å². The molecule has 1 atom stereocenters. The average Bonchev–Trinajstić information content (AvgIpc) is 2.31. The molecule has 94 valence electrons. The van der Waals surface area contributed by atoms with E-state index in [1.807, 2.05) is 12.4 Å². The molecule has 0 saturated heterocycles. The first-order valence-electron chi connectivity index (χ1n) is 7.00. The molecule has 1 saturated carbocycles. The van der Waals surface area contributed by atoms with Gasteiger partial charge in [-0.15, -0.1) is 0 Å². The fourth-order valence-corrected chi connectivity index (χ4v) is 2.52. The molecule has 0 bridgehead atoms. The van der Waals surface area contributed by atoms with Crippen molar-refractivity contribution >= 4 is 0 Å². The zero-order chi connectivity index (χ0) is 11.9. The highest BCUT2D eigenvalue weighted by Crippen LogP contribution is 2.31. The van der Waals surface area contributed by atoms with Gasteiger partial charge in [0.25, 0.3) is 0 Å². The first kappa shape index (κ1) is 12.6. The van der Waals surface area contributed by atoms with E-state index >= 15 is 0 Å². The number of nitrogens with one attached hydrogen (secondary N) is 1. The summed E-state index contributed by atoms with van der Waals surface area (Å²) < 4.78 is 0. The van der Waals surface area contributed by atoms with E-state index in [1.54, 1.807) is 0 Å². The van der Waals surface area contributed by atoms with Crippen molar-refractivity contribution in [2.75, 3.05) is 6.54 Å². The summed E-state index contributed by atoms with van der Waals surface area (Å²) in [6.07, 6.45) is 11.9. The van der Waals surface area contributed by atoms with Gasteiger partial charge in [-0.1, -0.05) is 26.2 Å². The number of aromatic nitrogens is 1. The average molecular weight is 232 g/mol. The molecule has 0 radical (unpaired) electrons. The second-order valence-electron chi connectivity index (χ2n) is 5.24. The van der Waals surface area contributed by atoms with Crippen LogP contribution in [0.1, 0.15) is 44.6 Å². The van der Waals surface area contributed by atoms with Gasteiger partial charge in [-0.25, -0.2) is 0 Å². The summed E-state index contributed by atoms with van der Waals surface area (Å²) in [5, 5.41) is 3.70. The molecule has 1 aromatic rings. The highest BCUT2D eigenvalue weighted by Gasteiger charge is 2.21. The third kappa shape index (κ3) is 4.12. The van der Waals surface area contributed by atoms with E-state index in [1.165, 1.54) is 37.7 Å². The highest BCUT2D eigenvalue weighted by atomic mass is 14.9. The molecule has 0 aromatic carbocycles. The van der Waals surface area contributed by atoms with E-state index in [0.717, 1.165) is 18.9 Å². The van der Waals surface area contributed by atoms with Crippen molar-refractivity contribution in [3.8, 4) is 0 Å². The third-order valence-electron chi connectivity index (χ3n) is 3.76. The number of hydrogen-bond acceptors (Lipinski definition) is 2. The summed E-state index contributed by atoms with van der Waals surface area (Å²) in [5.41, 5.74) is 1.41. The van der Waals surface area contributed by atoms with Gasteiger partial charge in [0.15, 0.2) is 0 Å². The Hall–Kier alpha value is -0.890. The van der Waals surface area contributed by atoms with Gasteiger partial charge in [-0.2, -0.15) is 0 Å². The monoisotopic (exact) mass is 232 g/mol. The zero-order valence-corrected chi connectivity index (χ0v) is 10.9. The molecule has 2 rings (SSSR count). The van der Waals surface area contributed by atoms with Crippen molar-refractivity contribution in [2.45, 2.75) is 51.5 Å². The van der Waals surface area contributed by atoms with Crippen molar-refractivity contribution in [1.29, 1.82) is 0 Å². The SMILES string of the molecule is CCCNC(Cc1ccncc1)CC1CCC1. The largest absolute Gasteiger partial charge is 0.314 e. The fraction of sp³-hybridized carbons (Fsp3) is 0.667. The fourth-order valence-electron chi connectivity index (χ4n) is 2.52. The van der Waals surface area contributed by atoms with Crippen molar-refractivity contribution in [3.05, 3.63) is 30.1 Å². The molecule has 1 aromatic heterocycles. The minimum Gasteiger partial charge on any atom is -0.314 e. The van der Waals surface area contributed by atoms with Crippen LogP contribution >= 0.6 is 0 Å². The van der Waals surface area contributed by atoms with Crippen molar-refractivity contribution in [2.24, 2.45) is 5.92 Å². The molecule has 0 spiro atoms. The molecule has 2 heteroatoms. The van der Waals surface area contributed by atoms with Crippen LogP contribution in [0.3, 0.4) is 0 Å². The van der Waals surface area contributed by atoms with Gasteiger partial charge in [0.2, 0.25) is 0 Å². The van der Waals surface area contributed by atoms with Crippen LogP contribution in [0.5, 0.6) is 0 Å². The van der Waals surface area contributed by atoms with Crippen LogP contribution < -0.4 is 5.32 Å². The van der Waals surface area contributed by atoms with Gasteiger partial charge in [0.1, 0.15) is 0 Å². The number of pyridine rings is 1. The molecular weight excluding hydrogens is 208 g/mol. The highest BCUT2D eigenvalue weighted by molar-refractivity contribution is 5.11. The van der Waals surface area contributed by atoms with Crippen LogP contribution in [0.25, 0.3) is 0 Å². The summed E-state index contributed by atoms with van der Waals surface area (Å²) in [4.78, 5) is 4.08. The Balaban J connectivity index is 1.85. The van der Waals surface area contributed by atoms with Crippen LogP contribution in [-0.2, 0) is 6.42 Å². The maximum absolute atomic E-state index is 4.08. The van der Waals surface area contributed by atoms with Gasteiger partial charge >= 0.3 is 0 Å². The first-order chi connectivity index (χ1) is 8.38. The standard InChI is InChI=1S/C15H24N2/c1-2-8-17-15(11-13-4-3-5-13)12-14-6-9-16-10-7-14/h6-7,9-10,13,15,17H,2-5,8,11-12H2,1H3. The Morgan fingerprint density at radius 1 is 1.35 bits per heavy atom. The lowest BCUT2D eigenvalue weighted by molar-refractivity contribution is 0.259. The molecule has 1 fully saturated rings. The second-order valence-corrected chi connectivity index (χ2v) is 5.24. The summed E-state index contributed by atoms with van der Waals surface area (Å²) in [7, 11) is 0. The molecule has 1 aliphatic carbocycles. The Kier molecular flexibility index (Phi) is 4.99. The summed E-state index contributed by atoms with van der Waals surface area (Å²) >= 11 is 0. The quantitative estimate of drug-likeness (QED) is 0.781. The van der Waals surface area contributed by atoms with E-state index in [-0.39, 0.29) is 0 Å². The number of nitrogens with zero attached hydrogens (tertiary/aromatic N) is 1. The number of hydrogen-bond donors (Lipinski definition) is 1. The molecule has 1 heterocycles. The maximum atomic E-state index is 4.08. The van der Waals surface area contributed by atoms with E-state index in [9.17, 15) is 0 Å². The lowest BCUT2D eigenvalue weighted by atomic mass is 9.80. The van der Waals surface area contributed by atoms with Gasteiger partial charge in [-0.3, -0.25) is 4.98 Å². The predicted octanol–water partition coefficient (Wildman–Crippen LogP) is 3.18. The molecule has 1 N–H and O–H groups in total. The van der Waals surface area contributed by atoms with E-state index < -0.39 is 0 Å². The second kappa shape index (κ2) is 6.75. The molecule has 1 unspecified atom stereocenters. The number of rotatable bonds is 7. The summed E-state index contributed by atoms with van der Waals surface area (Å²) in [5.74, 6) is 0.978. The van der Waals surface area contributed by atoms with Crippen molar-refractivity contribution in [3.63, 3.8) is 0 Å². The third-order valence-corrected chi connectivity index (χ3v) is 3.76. The van der Waals surface area contributed by atoms with Crippen LogP contribution in [0, 0.1) is 5.92 Å². The van der Waals surface area contributed by atoms with Crippen LogP contribution in [-0.4, -0.2) is 17.6 Å². The lowest BCUT2D eigenvalue weighted by Crippen LogP contribution is -2.35. The Morgan fingerprint density at radius 2 is 2.12 bits per heavy atom. The predicted molar refractivity (Wildman–Crippen MR) is 72.0 cm³/mol. The smallest absolute Gasteiger partial charge is 0.0270 e. The Bertz CT molecular complexity index is 306. The Morgan fingerprint density at radius 3 is 2.71 bits per heavy atom. The molecular formula is C15H24N2. The van der Waals surface area contributed by atoms with Crippen molar-refractivity contribution < 1.29 is 0 Å². The first-order valence-corrected chi connectivity index (χ1v) is 7.00. The maximum Gasteiger partial charge on any atom is 0.0270 e. The van der Waals surface area contributed by atoms with Gasteiger partial charge < -0.3 is 5.32 Å². The van der Waals surface area contributed by atoms with Crippen LogP contribution in [0.15, 0.2) is 24.5 Å². The van der Waals surface area contributed by atoms with E-state index in [0.29, 0.717) is 6.04 Å². The van der Waals surface area contributed by atoms with E-state index in [2.05, 4.69) is 29.4 Å². The molecule has 17 heavy (non-hydrogen) atoms. The van der Waals surface area contributed by atoms with Gasteiger partial charge in [0, 0.05) is 18.4 Å². The topological polar surface area (TPSA) is 24.9 Å². The molecule has 0 amide bonds. The minimum absolute atomic E-state index is 0.655. The van der Waals surface area contributed by atoms with Gasteiger partial charge in [-0.05, 0) is 49.4 Å². The van der Waals surface area contributed by atoms with Crippen molar-refractivity contribution in [1.82, 2.24) is 10.3 Å². The summed E-state index contributed by atoms with van der Waals surface area (Å²) in [6.45, 7) is 3.38. The summed E-state index contributed by atoms with van der Waals surface area (Å²) in [6, 6.07) is 4.94. The van der Waals surface area contributed by atoms with Crippen LogP contribution in [0.2, 0.25) is 0 Å². The molecule has 2 nitrogen and oxygen atoms in total. The molecule has 0 aliphatic heterocycles. The molecule has 1 aliphatic rings. The van der Waals surface area contributed by atoms with Gasteiger partial charge in [0.05, 0.1) is 0 Å². The van der Waals surface area contributed by atoms with E-state index in [4.69, 9.17) is 0 Å². The zero-order valence-electron chi connectivity index (χ0n) is 10.9. The minimum atomic E-state index is 0.655. The van der Waals surface area contributed by atoms with Crippen LogP contribution in [0.4, 0.5) is 0 Å².